The average molecular weight is 267 g/mol. The van der Waals surface area contributed by atoms with Gasteiger partial charge in [0, 0.05) is 10.9 Å². The van der Waals surface area contributed by atoms with E-state index < -0.39 is 13.0 Å². The zero-order valence-electron chi connectivity index (χ0n) is 7.17. The van der Waals surface area contributed by atoms with Gasteiger partial charge in [-0.05, 0) is 6.07 Å². The molecule has 78 valence electrons. The summed E-state index contributed by atoms with van der Waals surface area (Å²) in [5.74, 6) is 0. The van der Waals surface area contributed by atoms with Crippen LogP contribution in [0.3, 0.4) is 0 Å². The van der Waals surface area contributed by atoms with E-state index in [9.17, 15) is 8.78 Å². The van der Waals surface area contributed by atoms with Crippen LogP contribution in [0.15, 0.2) is 6.07 Å². The molecule has 0 atom stereocenters. The Balaban J connectivity index is 3.27. The minimum Gasteiger partial charge on any atom is -0.397 e. The third-order valence-electron chi connectivity index (χ3n) is 1.74. The lowest BCUT2D eigenvalue weighted by molar-refractivity contribution is 0.151. The molecule has 6 heteroatoms. The van der Waals surface area contributed by atoms with Crippen molar-refractivity contribution in [2.45, 2.75) is 18.4 Å². The van der Waals surface area contributed by atoms with Gasteiger partial charge in [-0.1, -0.05) is 15.9 Å². The van der Waals surface area contributed by atoms with Crippen molar-refractivity contribution >= 4 is 21.6 Å². The number of halogens is 3. The largest absolute Gasteiger partial charge is 0.397 e. The van der Waals surface area contributed by atoms with Gasteiger partial charge in [0.05, 0.1) is 23.7 Å². The molecule has 1 aromatic heterocycles. The first-order chi connectivity index (χ1) is 6.60. The molecule has 1 heterocycles. The number of alkyl halides is 3. The Labute approximate surface area is 88.1 Å². The van der Waals surface area contributed by atoms with Gasteiger partial charge >= 0.3 is 0 Å². The second-order valence-electron chi connectivity index (χ2n) is 2.66. The normalized spacial score (nSPS) is 10.9. The molecule has 0 aliphatic rings. The highest BCUT2D eigenvalue weighted by molar-refractivity contribution is 9.08. The highest BCUT2D eigenvalue weighted by atomic mass is 79.9. The zero-order chi connectivity index (χ0) is 10.7. The van der Waals surface area contributed by atoms with Crippen molar-refractivity contribution in [1.82, 2.24) is 4.98 Å². The van der Waals surface area contributed by atoms with Crippen molar-refractivity contribution in [2.24, 2.45) is 0 Å². The van der Waals surface area contributed by atoms with Crippen molar-refractivity contribution in [3.63, 3.8) is 0 Å². The number of nitrogens with two attached hydrogens (primary N) is 1. The predicted octanol–water partition coefficient (Wildman–Crippen LogP) is 1.99. The molecule has 3 nitrogen and oxygen atoms in total. The molecule has 0 aliphatic heterocycles. The first-order valence-corrected chi connectivity index (χ1v) is 4.95. The van der Waals surface area contributed by atoms with Crippen LogP contribution in [0.4, 0.5) is 14.5 Å². The summed E-state index contributed by atoms with van der Waals surface area (Å²) in [6, 6.07) is 1.23. The molecule has 0 saturated heterocycles. The van der Waals surface area contributed by atoms with E-state index >= 15 is 0 Å². The van der Waals surface area contributed by atoms with Gasteiger partial charge < -0.3 is 10.8 Å². The molecule has 0 bridgehead atoms. The quantitative estimate of drug-likeness (QED) is 0.823. The Morgan fingerprint density at radius 1 is 1.57 bits per heavy atom. The van der Waals surface area contributed by atoms with Gasteiger partial charge in [0.25, 0.3) is 6.43 Å². The van der Waals surface area contributed by atoms with E-state index in [-0.39, 0.29) is 16.9 Å². The van der Waals surface area contributed by atoms with Crippen LogP contribution in [0.2, 0.25) is 0 Å². The molecular formula is C8H9BrF2N2O. The Kier molecular flexibility index (Phi) is 3.77. The lowest BCUT2D eigenvalue weighted by Gasteiger charge is -2.09. The second kappa shape index (κ2) is 4.65. The molecule has 14 heavy (non-hydrogen) atoms. The third kappa shape index (κ3) is 2.19. The molecule has 3 N–H and O–H groups in total. The molecular weight excluding hydrogens is 258 g/mol. The number of hydrogen-bond acceptors (Lipinski definition) is 3. The van der Waals surface area contributed by atoms with Gasteiger partial charge in [-0.3, -0.25) is 4.98 Å². The van der Waals surface area contributed by atoms with E-state index in [0.29, 0.717) is 11.0 Å². The van der Waals surface area contributed by atoms with Gasteiger partial charge in [0.1, 0.15) is 0 Å². The number of aromatic nitrogens is 1. The fraction of sp³-hybridized carbons (Fsp3) is 0.375. The highest BCUT2D eigenvalue weighted by Crippen LogP contribution is 2.28. The Morgan fingerprint density at radius 3 is 2.64 bits per heavy atom. The van der Waals surface area contributed by atoms with Crippen LogP contribution in [0, 0.1) is 0 Å². The van der Waals surface area contributed by atoms with Crippen molar-refractivity contribution in [1.29, 1.82) is 0 Å². The van der Waals surface area contributed by atoms with Crippen LogP contribution >= 0.6 is 15.9 Å². The SMILES string of the molecule is Nc1c(C(F)F)cc(CBr)nc1CO. The van der Waals surface area contributed by atoms with Gasteiger partial charge in [-0.25, -0.2) is 8.78 Å². The minimum atomic E-state index is -2.65. The number of nitrogen functional groups attached to an aromatic ring is 1. The van der Waals surface area contributed by atoms with Gasteiger partial charge in [-0.15, -0.1) is 0 Å². The molecule has 0 saturated carbocycles. The fourth-order valence-corrected chi connectivity index (χ4v) is 1.35. The summed E-state index contributed by atoms with van der Waals surface area (Å²) in [4.78, 5) is 3.90. The molecule has 0 spiro atoms. The summed E-state index contributed by atoms with van der Waals surface area (Å²) in [6.07, 6.45) is -2.65. The van der Waals surface area contributed by atoms with Crippen LogP contribution < -0.4 is 5.73 Å². The first kappa shape index (κ1) is 11.3. The molecule has 0 aliphatic carbocycles. The fourth-order valence-electron chi connectivity index (χ4n) is 1.06. The summed E-state index contributed by atoms with van der Waals surface area (Å²) < 4.78 is 24.9. The monoisotopic (exact) mass is 266 g/mol. The van der Waals surface area contributed by atoms with Crippen molar-refractivity contribution in [3.05, 3.63) is 23.0 Å². The number of pyridine rings is 1. The van der Waals surface area contributed by atoms with Gasteiger partial charge in [0.15, 0.2) is 0 Å². The number of aliphatic hydroxyl groups excluding tert-OH is 1. The number of aliphatic hydroxyl groups is 1. The van der Waals surface area contributed by atoms with E-state index in [0.717, 1.165) is 0 Å². The second-order valence-corrected chi connectivity index (χ2v) is 3.22. The van der Waals surface area contributed by atoms with Crippen LogP contribution in [-0.4, -0.2) is 10.1 Å². The third-order valence-corrected chi connectivity index (χ3v) is 2.32. The van der Waals surface area contributed by atoms with Crippen LogP contribution in [-0.2, 0) is 11.9 Å². The minimum absolute atomic E-state index is 0.0947. The van der Waals surface area contributed by atoms with Gasteiger partial charge in [0.2, 0.25) is 0 Å². The maximum Gasteiger partial charge on any atom is 0.265 e. The average Bonchev–Trinajstić information content (AvgIpc) is 2.17. The predicted molar refractivity (Wildman–Crippen MR) is 52.2 cm³/mol. The number of hydrogen-bond donors (Lipinski definition) is 2. The van der Waals surface area contributed by atoms with Gasteiger partial charge in [-0.2, -0.15) is 0 Å². The standard InChI is InChI=1S/C8H9BrF2N2O/c9-2-4-1-5(8(10)11)7(12)6(3-14)13-4/h1,8,14H,2-3,12H2. The molecule has 1 aromatic rings. The van der Waals surface area contributed by atoms with Crippen molar-refractivity contribution in [3.8, 4) is 0 Å². The Morgan fingerprint density at radius 2 is 2.21 bits per heavy atom. The number of rotatable bonds is 3. The molecule has 0 fully saturated rings. The number of nitrogens with zero attached hydrogens (tertiary/aromatic N) is 1. The van der Waals surface area contributed by atoms with Crippen molar-refractivity contribution < 1.29 is 13.9 Å². The van der Waals surface area contributed by atoms with Crippen molar-refractivity contribution in [2.75, 3.05) is 5.73 Å². The molecule has 0 radical (unpaired) electrons. The maximum atomic E-state index is 12.5. The first-order valence-electron chi connectivity index (χ1n) is 3.83. The van der Waals surface area contributed by atoms with Crippen LogP contribution in [0.5, 0.6) is 0 Å². The zero-order valence-corrected chi connectivity index (χ0v) is 8.76. The summed E-state index contributed by atoms with van der Waals surface area (Å²) >= 11 is 3.10. The molecule has 0 aromatic carbocycles. The van der Waals surface area contributed by atoms with E-state index in [4.69, 9.17) is 10.8 Å². The lowest BCUT2D eigenvalue weighted by atomic mass is 10.1. The molecule has 1 rings (SSSR count). The highest BCUT2D eigenvalue weighted by Gasteiger charge is 2.16. The molecule has 0 amide bonds. The van der Waals surface area contributed by atoms with E-state index in [1.165, 1.54) is 6.07 Å². The Bertz CT molecular complexity index is 333. The number of anilines is 1. The summed E-state index contributed by atoms with van der Waals surface area (Å²) in [5.41, 5.74) is 5.51. The Hall–Kier alpha value is -0.750. The summed E-state index contributed by atoms with van der Waals surface area (Å²) in [6.45, 7) is -0.438. The van der Waals surface area contributed by atoms with E-state index in [1.807, 2.05) is 0 Å². The maximum absolute atomic E-state index is 12.5. The smallest absolute Gasteiger partial charge is 0.265 e. The van der Waals surface area contributed by atoms with E-state index in [2.05, 4.69) is 20.9 Å². The van der Waals surface area contributed by atoms with Crippen LogP contribution in [0.1, 0.15) is 23.4 Å². The van der Waals surface area contributed by atoms with Crippen LogP contribution in [0.25, 0.3) is 0 Å². The summed E-state index contributed by atoms with van der Waals surface area (Å²) in [5, 5.41) is 9.19. The molecule has 0 unspecified atom stereocenters. The lowest BCUT2D eigenvalue weighted by Crippen LogP contribution is -2.05. The van der Waals surface area contributed by atoms with E-state index in [1.54, 1.807) is 0 Å². The summed E-state index contributed by atoms with van der Waals surface area (Å²) in [7, 11) is 0. The topological polar surface area (TPSA) is 59.1 Å².